The Morgan fingerprint density at radius 1 is 1.29 bits per heavy atom. The molecule has 3 rings (SSSR count). The van der Waals surface area contributed by atoms with Crippen molar-refractivity contribution in [1.29, 1.82) is 0 Å². The quantitative estimate of drug-likeness (QED) is 0.664. The van der Waals surface area contributed by atoms with Crippen LogP contribution in [0.2, 0.25) is 5.02 Å². The Kier molecular flexibility index (Phi) is 2.03. The molecule has 17 heavy (non-hydrogen) atoms. The first-order chi connectivity index (χ1) is 8.08. The van der Waals surface area contributed by atoms with Gasteiger partial charge in [0.1, 0.15) is 11.3 Å². The lowest BCUT2D eigenvalue weighted by Crippen LogP contribution is -1.95. The second-order valence-electron chi connectivity index (χ2n) is 4.07. The Morgan fingerprint density at radius 3 is 2.82 bits per heavy atom. The Labute approximate surface area is 103 Å². The molecule has 0 atom stereocenters. The number of fused-ring (bicyclic) bond motifs is 3. The number of imidazole rings is 1. The highest BCUT2D eigenvalue weighted by Crippen LogP contribution is 2.29. The van der Waals surface area contributed by atoms with E-state index >= 15 is 0 Å². The Balaban J connectivity index is 2.64. The average molecular weight is 247 g/mol. The van der Waals surface area contributed by atoms with Gasteiger partial charge < -0.3 is 10.3 Å². The first-order valence-electron chi connectivity index (χ1n) is 5.25. The summed E-state index contributed by atoms with van der Waals surface area (Å²) in [5.41, 5.74) is 8.47. The maximum atomic E-state index is 6.03. The van der Waals surface area contributed by atoms with Crippen molar-refractivity contribution in [2.24, 2.45) is 7.05 Å². The molecule has 0 radical (unpaired) electrons. The molecular formula is C12H11ClN4. The normalized spacial score (nSPS) is 11.5. The lowest BCUT2D eigenvalue weighted by molar-refractivity contribution is 0.888. The van der Waals surface area contributed by atoms with E-state index in [-0.39, 0.29) is 0 Å². The van der Waals surface area contributed by atoms with Crippen molar-refractivity contribution < 1.29 is 0 Å². The summed E-state index contributed by atoms with van der Waals surface area (Å²) in [7, 11) is 1.96. The molecule has 0 bridgehead atoms. The highest BCUT2D eigenvalue weighted by atomic mass is 35.5. The topological polar surface area (TPSA) is 56.7 Å². The molecule has 3 aromatic rings. The summed E-state index contributed by atoms with van der Waals surface area (Å²) in [5, 5.41) is 1.66. The van der Waals surface area contributed by atoms with Gasteiger partial charge in [-0.15, -0.1) is 0 Å². The monoisotopic (exact) mass is 246 g/mol. The maximum Gasteiger partial charge on any atom is 0.152 e. The van der Waals surface area contributed by atoms with Crippen molar-refractivity contribution in [3.05, 3.63) is 29.0 Å². The number of halogens is 1. The standard InChI is InChI=1S/C12H11ClN4/c1-6-15-10-11(17(6)2)8-5-7(13)3-4-9(8)16-12(10)14/h3-5H,1-2H3,(H2,14,16). The zero-order valence-corrected chi connectivity index (χ0v) is 10.3. The molecule has 0 spiro atoms. The molecule has 1 aromatic carbocycles. The van der Waals surface area contributed by atoms with Crippen LogP contribution in [0.3, 0.4) is 0 Å². The summed E-state index contributed by atoms with van der Waals surface area (Å²) >= 11 is 6.03. The lowest BCUT2D eigenvalue weighted by atomic mass is 10.2. The van der Waals surface area contributed by atoms with Crippen LogP contribution in [0.5, 0.6) is 0 Å². The largest absolute Gasteiger partial charge is 0.382 e. The van der Waals surface area contributed by atoms with Crippen LogP contribution >= 0.6 is 11.6 Å². The van der Waals surface area contributed by atoms with Gasteiger partial charge >= 0.3 is 0 Å². The van der Waals surface area contributed by atoms with E-state index < -0.39 is 0 Å². The van der Waals surface area contributed by atoms with Gasteiger partial charge in [0.2, 0.25) is 0 Å². The second kappa shape index (κ2) is 3.34. The number of aryl methyl sites for hydroxylation is 2. The first-order valence-corrected chi connectivity index (χ1v) is 5.63. The molecule has 0 unspecified atom stereocenters. The fourth-order valence-corrected chi connectivity index (χ4v) is 2.25. The molecule has 4 nitrogen and oxygen atoms in total. The molecule has 86 valence electrons. The number of anilines is 1. The Bertz CT molecular complexity index is 745. The smallest absolute Gasteiger partial charge is 0.152 e. The van der Waals surface area contributed by atoms with E-state index in [1.54, 1.807) is 0 Å². The van der Waals surface area contributed by atoms with Gasteiger partial charge in [0.25, 0.3) is 0 Å². The van der Waals surface area contributed by atoms with Crippen LogP contribution in [0.25, 0.3) is 21.9 Å². The molecule has 0 fully saturated rings. The molecule has 0 aliphatic carbocycles. The molecule has 0 amide bonds. The fourth-order valence-electron chi connectivity index (χ4n) is 2.08. The number of nitrogens with two attached hydrogens (primary N) is 1. The van der Waals surface area contributed by atoms with Crippen LogP contribution in [0, 0.1) is 6.92 Å². The number of nitrogens with zero attached hydrogens (tertiary/aromatic N) is 3. The minimum Gasteiger partial charge on any atom is -0.382 e. The van der Waals surface area contributed by atoms with E-state index in [9.17, 15) is 0 Å². The van der Waals surface area contributed by atoms with Crippen molar-refractivity contribution in [2.45, 2.75) is 6.92 Å². The minimum absolute atomic E-state index is 0.457. The number of hydrogen-bond acceptors (Lipinski definition) is 3. The van der Waals surface area contributed by atoms with Crippen LogP contribution in [0.15, 0.2) is 18.2 Å². The predicted octanol–water partition coefficient (Wildman–Crippen LogP) is 2.67. The van der Waals surface area contributed by atoms with E-state index in [4.69, 9.17) is 17.3 Å². The van der Waals surface area contributed by atoms with Gasteiger partial charge in [0.05, 0.1) is 11.0 Å². The molecule has 0 saturated heterocycles. The van der Waals surface area contributed by atoms with Crippen molar-refractivity contribution in [3.63, 3.8) is 0 Å². The molecule has 0 aliphatic rings. The lowest BCUT2D eigenvalue weighted by Gasteiger charge is -2.04. The number of nitrogen functional groups attached to an aromatic ring is 1. The maximum absolute atomic E-state index is 6.03. The summed E-state index contributed by atoms with van der Waals surface area (Å²) in [6, 6.07) is 5.58. The zero-order valence-electron chi connectivity index (χ0n) is 9.53. The van der Waals surface area contributed by atoms with E-state index in [1.165, 1.54) is 0 Å². The number of benzene rings is 1. The SMILES string of the molecule is Cc1nc2c(N)nc3ccc(Cl)cc3c2n1C. The third-order valence-corrected chi connectivity index (χ3v) is 3.25. The highest BCUT2D eigenvalue weighted by molar-refractivity contribution is 6.31. The van der Waals surface area contributed by atoms with Crippen LogP contribution in [0.4, 0.5) is 5.82 Å². The zero-order chi connectivity index (χ0) is 12.2. The summed E-state index contributed by atoms with van der Waals surface area (Å²) in [6.07, 6.45) is 0. The van der Waals surface area contributed by atoms with Crippen molar-refractivity contribution >= 4 is 39.4 Å². The summed E-state index contributed by atoms with van der Waals surface area (Å²) in [4.78, 5) is 8.77. The van der Waals surface area contributed by atoms with Gasteiger partial charge in [-0.05, 0) is 25.1 Å². The van der Waals surface area contributed by atoms with Gasteiger partial charge in [-0.2, -0.15) is 0 Å². The number of aromatic nitrogens is 3. The third kappa shape index (κ3) is 1.37. The molecule has 2 N–H and O–H groups in total. The third-order valence-electron chi connectivity index (χ3n) is 3.02. The van der Waals surface area contributed by atoms with Crippen molar-refractivity contribution in [1.82, 2.24) is 14.5 Å². The van der Waals surface area contributed by atoms with Gasteiger partial charge in [-0.3, -0.25) is 0 Å². The van der Waals surface area contributed by atoms with Crippen LogP contribution in [-0.4, -0.2) is 14.5 Å². The van der Waals surface area contributed by atoms with Crippen LogP contribution in [0.1, 0.15) is 5.82 Å². The van der Waals surface area contributed by atoms with Gasteiger partial charge in [-0.25, -0.2) is 9.97 Å². The molecule has 0 saturated carbocycles. The van der Waals surface area contributed by atoms with Gasteiger partial charge in [0, 0.05) is 17.5 Å². The average Bonchev–Trinajstić information content (AvgIpc) is 2.58. The molecular weight excluding hydrogens is 236 g/mol. The minimum atomic E-state index is 0.457. The van der Waals surface area contributed by atoms with Crippen LogP contribution in [-0.2, 0) is 7.05 Å². The van der Waals surface area contributed by atoms with Gasteiger partial charge in [-0.1, -0.05) is 11.6 Å². The van der Waals surface area contributed by atoms with Crippen LogP contribution < -0.4 is 5.73 Å². The summed E-state index contributed by atoms with van der Waals surface area (Å²) in [6.45, 7) is 1.94. The van der Waals surface area contributed by atoms with E-state index in [2.05, 4.69) is 9.97 Å². The number of hydrogen-bond donors (Lipinski definition) is 1. The van der Waals surface area contributed by atoms with E-state index in [0.29, 0.717) is 10.8 Å². The number of pyridine rings is 1. The Hall–Kier alpha value is -1.81. The molecule has 2 aromatic heterocycles. The van der Waals surface area contributed by atoms with E-state index in [1.807, 2.05) is 36.7 Å². The summed E-state index contributed by atoms with van der Waals surface area (Å²) < 4.78 is 2.01. The van der Waals surface area contributed by atoms with Crippen molar-refractivity contribution in [2.75, 3.05) is 5.73 Å². The Morgan fingerprint density at radius 2 is 2.06 bits per heavy atom. The van der Waals surface area contributed by atoms with E-state index in [0.717, 1.165) is 27.8 Å². The fraction of sp³-hybridized carbons (Fsp3) is 0.167. The number of rotatable bonds is 0. The highest BCUT2D eigenvalue weighted by Gasteiger charge is 2.13. The first kappa shape index (κ1) is 10.4. The summed E-state index contributed by atoms with van der Waals surface area (Å²) in [5.74, 6) is 1.36. The molecule has 0 aliphatic heterocycles. The molecule has 2 heterocycles. The molecule has 5 heteroatoms. The van der Waals surface area contributed by atoms with Crippen molar-refractivity contribution in [3.8, 4) is 0 Å². The predicted molar refractivity (Wildman–Crippen MR) is 70.2 cm³/mol. The second-order valence-corrected chi connectivity index (χ2v) is 4.51. The van der Waals surface area contributed by atoms with Gasteiger partial charge in [0.15, 0.2) is 5.82 Å².